The zero-order chi connectivity index (χ0) is 14.4. The molecule has 0 aliphatic rings. The fraction of sp³-hybridized carbons (Fsp3) is 0.250. The lowest BCUT2D eigenvalue weighted by atomic mass is 10.1. The molecule has 0 amide bonds. The summed E-state index contributed by atoms with van der Waals surface area (Å²) in [5.74, 6) is 0.696. The number of aliphatic hydroxyl groups is 1. The number of aliphatic hydroxyl groups excluding tert-OH is 1. The Hall–Kier alpha value is -1.55. The molecular weight excluding hydrogens is 274 g/mol. The van der Waals surface area contributed by atoms with Gasteiger partial charge in [0.25, 0.3) is 0 Å². The largest absolute Gasteiger partial charge is 0.490 e. The van der Waals surface area contributed by atoms with E-state index in [1.54, 1.807) is 0 Å². The number of benzene rings is 2. The zero-order valence-electron chi connectivity index (χ0n) is 11.3. The molecule has 2 rings (SSSR count). The van der Waals surface area contributed by atoms with Crippen LogP contribution < -0.4 is 10.1 Å². The molecule has 0 spiro atoms. The molecule has 0 aliphatic heterocycles. The van der Waals surface area contributed by atoms with Crippen molar-refractivity contribution in [3.05, 3.63) is 64.7 Å². The van der Waals surface area contributed by atoms with Crippen LogP contribution in [0.2, 0.25) is 5.02 Å². The summed E-state index contributed by atoms with van der Waals surface area (Å²) < 4.78 is 5.71. The van der Waals surface area contributed by atoms with E-state index in [2.05, 4.69) is 5.32 Å². The molecule has 0 fully saturated rings. The summed E-state index contributed by atoms with van der Waals surface area (Å²) in [6.07, 6.45) is -0.655. The molecule has 0 saturated heterocycles. The molecule has 2 N–H and O–H groups in total. The van der Waals surface area contributed by atoms with Crippen molar-refractivity contribution in [2.24, 2.45) is 0 Å². The van der Waals surface area contributed by atoms with E-state index in [-0.39, 0.29) is 6.61 Å². The Kier molecular flexibility index (Phi) is 5.41. The molecule has 1 unspecified atom stereocenters. The standard InChI is InChI=1S/C16H18ClNO2/c1-18-10-13-14(17)8-5-9-16(13)20-11-15(19)12-6-3-2-4-7-12/h2-9,15,18-19H,10-11H2,1H3. The molecule has 0 heterocycles. The smallest absolute Gasteiger partial charge is 0.125 e. The number of halogens is 1. The highest BCUT2D eigenvalue weighted by atomic mass is 35.5. The van der Waals surface area contributed by atoms with Crippen molar-refractivity contribution in [1.29, 1.82) is 0 Å². The van der Waals surface area contributed by atoms with Gasteiger partial charge in [-0.1, -0.05) is 48.0 Å². The van der Waals surface area contributed by atoms with Gasteiger partial charge >= 0.3 is 0 Å². The molecule has 0 aromatic heterocycles. The molecule has 106 valence electrons. The van der Waals surface area contributed by atoms with E-state index < -0.39 is 6.10 Å². The zero-order valence-corrected chi connectivity index (χ0v) is 12.1. The predicted octanol–water partition coefficient (Wildman–Crippen LogP) is 3.17. The number of ether oxygens (including phenoxy) is 1. The molecule has 0 bridgehead atoms. The summed E-state index contributed by atoms with van der Waals surface area (Å²) >= 11 is 6.16. The minimum atomic E-state index is -0.655. The van der Waals surface area contributed by atoms with Crippen LogP contribution in [0.4, 0.5) is 0 Å². The Morgan fingerprint density at radius 3 is 2.60 bits per heavy atom. The van der Waals surface area contributed by atoms with Crippen molar-refractivity contribution in [2.45, 2.75) is 12.6 Å². The quantitative estimate of drug-likeness (QED) is 0.859. The lowest BCUT2D eigenvalue weighted by Crippen LogP contribution is -2.12. The minimum absolute atomic E-state index is 0.196. The first-order valence-electron chi connectivity index (χ1n) is 6.50. The summed E-state index contributed by atoms with van der Waals surface area (Å²) in [4.78, 5) is 0. The fourth-order valence-corrected chi connectivity index (χ4v) is 2.20. The first-order chi connectivity index (χ1) is 9.72. The van der Waals surface area contributed by atoms with Gasteiger partial charge in [-0.3, -0.25) is 0 Å². The normalized spacial score (nSPS) is 12.2. The summed E-state index contributed by atoms with van der Waals surface area (Å²) in [5.41, 5.74) is 1.74. The monoisotopic (exact) mass is 291 g/mol. The van der Waals surface area contributed by atoms with Crippen molar-refractivity contribution in [1.82, 2.24) is 5.32 Å². The van der Waals surface area contributed by atoms with Crippen molar-refractivity contribution in [3.8, 4) is 5.75 Å². The second-order valence-corrected chi connectivity index (χ2v) is 4.89. The molecule has 0 saturated carbocycles. The average Bonchev–Trinajstić information content (AvgIpc) is 2.48. The van der Waals surface area contributed by atoms with Crippen LogP contribution in [0.15, 0.2) is 48.5 Å². The number of nitrogens with one attached hydrogen (secondary N) is 1. The fourth-order valence-electron chi connectivity index (χ4n) is 1.96. The summed E-state index contributed by atoms with van der Waals surface area (Å²) in [7, 11) is 1.85. The molecule has 3 nitrogen and oxygen atoms in total. The van der Waals surface area contributed by atoms with Crippen molar-refractivity contribution in [2.75, 3.05) is 13.7 Å². The topological polar surface area (TPSA) is 41.5 Å². The Morgan fingerprint density at radius 2 is 1.90 bits per heavy atom. The van der Waals surface area contributed by atoms with Gasteiger partial charge in [-0.05, 0) is 24.7 Å². The van der Waals surface area contributed by atoms with Gasteiger partial charge in [0.2, 0.25) is 0 Å². The van der Waals surface area contributed by atoms with Gasteiger partial charge in [0, 0.05) is 17.1 Å². The second kappa shape index (κ2) is 7.29. The lowest BCUT2D eigenvalue weighted by molar-refractivity contribution is 0.107. The van der Waals surface area contributed by atoms with E-state index in [9.17, 15) is 5.11 Å². The summed E-state index contributed by atoms with van der Waals surface area (Å²) in [5, 5.41) is 13.8. The first-order valence-corrected chi connectivity index (χ1v) is 6.88. The third-order valence-electron chi connectivity index (χ3n) is 3.01. The van der Waals surface area contributed by atoms with Crippen LogP contribution in [0.3, 0.4) is 0 Å². The van der Waals surface area contributed by atoms with E-state index in [4.69, 9.17) is 16.3 Å². The molecular formula is C16H18ClNO2. The van der Waals surface area contributed by atoms with E-state index in [0.29, 0.717) is 17.3 Å². The van der Waals surface area contributed by atoms with Gasteiger partial charge in [-0.2, -0.15) is 0 Å². The molecule has 2 aromatic rings. The molecule has 0 aliphatic carbocycles. The van der Waals surface area contributed by atoms with Gasteiger partial charge in [-0.25, -0.2) is 0 Å². The van der Waals surface area contributed by atoms with Gasteiger partial charge < -0.3 is 15.2 Å². The van der Waals surface area contributed by atoms with Gasteiger partial charge in [-0.15, -0.1) is 0 Å². The van der Waals surface area contributed by atoms with Crippen molar-refractivity contribution >= 4 is 11.6 Å². The van der Waals surface area contributed by atoms with Crippen LogP contribution in [0.1, 0.15) is 17.2 Å². The van der Waals surface area contributed by atoms with Crippen LogP contribution in [-0.4, -0.2) is 18.8 Å². The first kappa shape index (κ1) is 14.9. The van der Waals surface area contributed by atoms with Gasteiger partial charge in [0.1, 0.15) is 18.5 Å². The summed E-state index contributed by atoms with van der Waals surface area (Å²) in [6.45, 7) is 0.817. The van der Waals surface area contributed by atoms with E-state index in [1.165, 1.54) is 0 Å². The number of hydrogen-bond acceptors (Lipinski definition) is 3. The van der Waals surface area contributed by atoms with Crippen LogP contribution in [-0.2, 0) is 6.54 Å². The number of rotatable bonds is 6. The third kappa shape index (κ3) is 3.73. The van der Waals surface area contributed by atoms with E-state index >= 15 is 0 Å². The van der Waals surface area contributed by atoms with Crippen LogP contribution >= 0.6 is 11.6 Å². The highest BCUT2D eigenvalue weighted by molar-refractivity contribution is 6.31. The van der Waals surface area contributed by atoms with Crippen molar-refractivity contribution < 1.29 is 9.84 Å². The second-order valence-electron chi connectivity index (χ2n) is 4.48. The molecule has 4 heteroatoms. The maximum Gasteiger partial charge on any atom is 0.125 e. The predicted molar refractivity (Wildman–Crippen MR) is 81.1 cm³/mol. The Labute approximate surface area is 124 Å². The highest BCUT2D eigenvalue weighted by Gasteiger charge is 2.11. The molecule has 20 heavy (non-hydrogen) atoms. The van der Waals surface area contributed by atoms with E-state index in [0.717, 1.165) is 11.1 Å². The van der Waals surface area contributed by atoms with Crippen LogP contribution in [0, 0.1) is 0 Å². The maximum atomic E-state index is 10.1. The molecule has 0 radical (unpaired) electrons. The molecule has 2 aromatic carbocycles. The SMILES string of the molecule is CNCc1c(Cl)cccc1OCC(O)c1ccccc1. The minimum Gasteiger partial charge on any atom is -0.490 e. The van der Waals surface area contributed by atoms with Crippen LogP contribution in [0.5, 0.6) is 5.75 Å². The van der Waals surface area contributed by atoms with Gasteiger partial charge in [0.05, 0.1) is 0 Å². The van der Waals surface area contributed by atoms with Gasteiger partial charge in [0.15, 0.2) is 0 Å². The Morgan fingerprint density at radius 1 is 1.15 bits per heavy atom. The maximum absolute atomic E-state index is 10.1. The number of hydrogen-bond donors (Lipinski definition) is 2. The Bertz CT molecular complexity index is 545. The van der Waals surface area contributed by atoms with Crippen molar-refractivity contribution in [3.63, 3.8) is 0 Å². The highest BCUT2D eigenvalue weighted by Crippen LogP contribution is 2.27. The van der Waals surface area contributed by atoms with E-state index in [1.807, 2.05) is 55.6 Å². The van der Waals surface area contributed by atoms with Crippen LogP contribution in [0.25, 0.3) is 0 Å². The third-order valence-corrected chi connectivity index (χ3v) is 3.36. The lowest BCUT2D eigenvalue weighted by Gasteiger charge is -2.16. The average molecular weight is 292 g/mol. The Balaban J connectivity index is 2.06. The molecule has 1 atom stereocenters. The summed E-state index contributed by atoms with van der Waals surface area (Å²) in [6, 6.07) is 15.0.